The SMILES string of the molecule is O=C(Cn1cnc2c(nnn2-c2ccccc2)c1=O)Nc1ccc(F)cc1. The zero-order valence-corrected chi connectivity index (χ0v) is 13.9. The fourth-order valence-corrected chi connectivity index (χ4v) is 2.59. The molecule has 2 aromatic carbocycles. The van der Waals surface area contributed by atoms with Gasteiger partial charge in [0.2, 0.25) is 5.91 Å². The summed E-state index contributed by atoms with van der Waals surface area (Å²) in [6.07, 6.45) is 1.28. The molecule has 0 atom stereocenters. The first-order valence-electron chi connectivity index (χ1n) is 8.03. The maximum Gasteiger partial charge on any atom is 0.284 e. The second-order valence-electron chi connectivity index (χ2n) is 5.74. The van der Waals surface area contributed by atoms with Gasteiger partial charge in [-0.05, 0) is 36.4 Å². The molecule has 2 aromatic heterocycles. The number of fused-ring (bicyclic) bond motifs is 1. The van der Waals surface area contributed by atoms with E-state index in [2.05, 4.69) is 20.6 Å². The Morgan fingerprint density at radius 3 is 2.56 bits per heavy atom. The highest BCUT2D eigenvalue weighted by Crippen LogP contribution is 2.11. The van der Waals surface area contributed by atoms with Gasteiger partial charge in [-0.15, -0.1) is 5.10 Å². The predicted octanol–water partition coefficient (Wildman–Crippen LogP) is 1.75. The van der Waals surface area contributed by atoms with Crippen molar-refractivity contribution in [1.29, 1.82) is 0 Å². The molecule has 0 aliphatic carbocycles. The van der Waals surface area contributed by atoms with Gasteiger partial charge in [0.25, 0.3) is 5.56 Å². The van der Waals surface area contributed by atoms with Gasteiger partial charge < -0.3 is 5.32 Å². The summed E-state index contributed by atoms with van der Waals surface area (Å²) in [4.78, 5) is 29.0. The molecule has 0 spiro atoms. The zero-order chi connectivity index (χ0) is 18.8. The van der Waals surface area contributed by atoms with Crippen molar-refractivity contribution < 1.29 is 9.18 Å². The average Bonchev–Trinajstić information content (AvgIpc) is 3.11. The third-order valence-electron chi connectivity index (χ3n) is 3.87. The molecule has 0 saturated heterocycles. The lowest BCUT2D eigenvalue weighted by Crippen LogP contribution is -2.28. The lowest BCUT2D eigenvalue weighted by Gasteiger charge is -2.07. The highest BCUT2D eigenvalue weighted by Gasteiger charge is 2.14. The highest BCUT2D eigenvalue weighted by atomic mass is 19.1. The minimum atomic E-state index is -0.476. The van der Waals surface area contributed by atoms with Crippen LogP contribution < -0.4 is 10.9 Å². The van der Waals surface area contributed by atoms with Crippen molar-refractivity contribution >= 4 is 22.8 Å². The molecule has 27 heavy (non-hydrogen) atoms. The largest absolute Gasteiger partial charge is 0.325 e. The van der Waals surface area contributed by atoms with Crippen LogP contribution >= 0.6 is 0 Å². The number of benzene rings is 2. The van der Waals surface area contributed by atoms with Crippen LogP contribution in [0.15, 0.2) is 65.7 Å². The van der Waals surface area contributed by atoms with Crippen LogP contribution in [0.25, 0.3) is 16.9 Å². The Hall–Kier alpha value is -3.88. The van der Waals surface area contributed by atoms with Gasteiger partial charge in [-0.3, -0.25) is 14.2 Å². The van der Waals surface area contributed by atoms with Crippen LogP contribution in [0.2, 0.25) is 0 Å². The number of halogens is 1. The zero-order valence-electron chi connectivity index (χ0n) is 13.9. The van der Waals surface area contributed by atoms with Gasteiger partial charge in [0.05, 0.1) is 5.69 Å². The molecule has 4 rings (SSSR count). The minimum Gasteiger partial charge on any atom is -0.325 e. The van der Waals surface area contributed by atoms with Crippen LogP contribution in [-0.2, 0) is 11.3 Å². The second kappa shape index (κ2) is 6.79. The van der Waals surface area contributed by atoms with Crippen LogP contribution in [0.4, 0.5) is 10.1 Å². The van der Waals surface area contributed by atoms with E-state index in [9.17, 15) is 14.0 Å². The summed E-state index contributed by atoms with van der Waals surface area (Å²) in [5.74, 6) is -0.847. The molecule has 4 aromatic rings. The molecule has 1 amide bonds. The van der Waals surface area contributed by atoms with Crippen molar-refractivity contribution in [3.63, 3.8) is 0 Å². The van der Waals surface area contributed by atoms with E-state index in [1.165, 1.54) is 35.3 Å². The summed E-state index contributed by atoms with van der Waals surface area (Å²) in [6.45, 7) is -0.253. The van der Waals surface area contributed by atoms with Gasteiger partial charge in [0, 0.05) is 5.69 Å². The number of anilines is 1. The molecule has 8 nitrogen and oxygen atoms in total. The molecular formula is C18H13FN6O2. The second-order valence-corrected chi connectivity index (χ2v) is 5.74. The number of hydrogen-bond acceptors (Lipinski definition) is 5. The molecule has 0 unspecified atom stereocenters. The van der Waals surface area contributed by atoms with E-state index in [0.717, 1.165) is 10.3 Å². The fourth-order valence-electron chi connectivity index (χ4n) is 2.59. The summed E-state index contributed by atoms with van der Waals surface area (Å²) >= 11 is 0. The van der Waals surface area contributed by atoms with E-state index in [0.29, 0.717) is 11.3 Å². The molecule has 1 N–H and O–H groups in total. The van der Waals surface area contributed by atoms with Crippen molar-refractivity contribution in [3.05, 3.63) is 77.1 Å². The lowest BCUT2D eigenvalue weighted by atomic mass is 10.3. The smallest absolute Gasteiger partial charge is 0.284 e. The Morgan fingerprint density at radius 2 is 1.81 bits per heavy atom. The maximum atomic E-state index is 12.9. The van der Waals surface area contributed by atoms with Crippen molar-refractivity contribution in [2.45, 2.75) is 6.54 Å². The van der Waals surface area contributed by atoms with E-state index < -0.39 is 17.3 Å². The third-order valence-corrected chi connectivity index (χ3v) is 3.87. The quantitative estimate of drug-likeness (QED) is 0.595. The van der Waals surface area contributed by atoms with Gasteiger partial charge >= 0.3 is 0 Å². The summed E-state index contributed by atoms with van der Waals surface area (Å²) in [7, 11) is 0. The number of hydrogen-bond donors (Lipinski definition) is 1. The molecule has 134 valence electrons. The standard InChI is InChI=1S/C18H13FN6O2/c19-12-6-8-13(9-7-12)21-15(26)10-24-11-20-17-16(18(24)27)22-23-25(17)14-4-2-1-3-5-14/h1-9,11H,10H2,(H,21,26). The van der Waals surface area contributed by atoms with Crippen LogP contribution in [0.5, 0.6) is 0 Å². The number of para-hydroxylation sites is 1. The molecule has 0 radical (unpaired) electrons. The Kier molecular flexibility index (Phi) is 4.17. The first kappa shape index (κ1) is 16.6. The molecule has 0 bridgehead atoms. The van der Waals surface area contributed by atoms with E-state index >= 15 is 0 Å². The van der Waals surface area contributed by atoms with Gasteiger partial charge in [-0.1, -0.05) is 23.4 Å². The molecule has 0 aliphatic rings. The number of nitrogens with zero attached hydrogens (tertiary/aromatic N) is 5. The van der Waals surface area contributed by atoms with Gasteiger partial charge in [0.15, 0.2) is 11.2 Å². The minimum absolute atomic E-state index is 0.0657. The van der Waals surface area contributed by atoms with Crippen LogP contribution in [0, 0.1) is 5.82 Å². The van der Waals surface area contributed by atoms with Gasteiger partial charge in [-0.2, -0.15) is 4.68 Å². The Bertz CT molecular complexity index is 1170. The van der Waals surface area contributed by atoms with Crippen molar-refractivity contribution in [1.82, 2.24) is 24.5 Å². The van der Waals surface area contributed by atoms with Crippen LogP contribution in [0.3, 0.4) is 0 Å². The maximum absolute atomic E-state index is 12.9. The van der Waals surface area contributed by atoms with Crippen molar-refractivity contribution in [2.75, 3.05) is 5.32 Å². The molecule has 9 heteroatoms. The molecule has 0 fully saturated rings. The molecular weight excluding hydrogens is 351 g/mol. The normalized spacial score (nSPS) is 10.9. The van der Waals surface area contributed by atoms with Crippen LogP contribution in [0.1, 0.15) is 0 Å². The number of rotatable bonds is 4. The van der Waals surface area contributed by atoms with Crippen molar-refractivity contribution in [2.24, 2.45) is 0 Å². The number of amides is 1. The number of carbonyl (C=O) groups is 1. The Morgan fingerprint density at radius 1 is 1.07 bits per heavy atom. The van der Waals surface area contributed by atoms with Crippen molar-refractivity contribution in [3.8, 4) is 5.69 Å². The monoisotopic (exact) mass is 364 g/mol. The number of carbonyl (C=O) groups excluding carboxylic acids is 1. The first-order chi connectivity index (χ1) is 13.1. The predicted molar refractivity (Wildman–Crippen MR) is 95.9 cm³/mol. The first-order valence-corrected chi connectivity index (χ1v) is 8.03. The van der Waals surface area contributed by atoms with Gasteiger partial charge in [-0.25, -0.2) is 9.37 Å². The number of nitrogens with one attached hydrogen (secondary N) is 1. The summed E-state index contributed by atoms with van der Waals surface area (Å²) in [6, 6.07) is 14.5. The average molecular weight is 364 g/mol. The third kappa shape index (κ3) is 3.30. The fraction of sp³-hybridized carbons (Fsp3) is 0.0556. The Labute approximate surface area is 151 Å². The topological polar surface area (TPSA) is 94.7 Å². The van der Waals surface area contributed by atoms with E-state index in [-0.39, 0.29) is 12.1 Å². The lowest BCUT2D eigenvalue weighted by molar-refractivity contribution is -0.116. The van der Waals surface area contributed by atoms with E-state index in [1.54, 1.807) is 0 Å². The summed E-state index contributed by atoms with van der Waals surface area (Å²) in [5, 5.41) is 10.5. The van der Waals surface area contributed by atoms with Gasteiger partial charge in [0.1, 0.15) is 18.7 Å². The highest BCUT2D eigenvalue weighted by molar-refractivity contribution is 5.90. The molecule has 0 saturated carbocycles. The Balaban J connectivity index is 1.60. The molecule has 0 aliphatic heterocycles. The molecule has 2 heterocycles. The van der Waals surface area contributed by atoms with Crippen LogP contribution in [-0.4, -0.2) is 30.5 Å². The van der Waals surface area contributed by atoms with E-state index in [4.69, 9.17) is 0 Å². The summed E-state index contributed by atoms with van der Waals surface area (Å²) < 4.78 is 15.5. The summed E-state index contributed by atoms with van der Waals surface area (Å²) in [5.41, 5.74) is 1.05. The van der Waals surface area contributed by atoms with E-state index in [1.807, 2.05) is 30.3 Å². The number of aromatic nitrogens is 5.